The topological polar surface area (TPSA) is 78.5 Å². The Labute approximate surface area is 167 Å². The smallest absolute Gasteiger partial charge is 0.248 e. The van der Waals surface area contributed by atoms with E-state index in [-0.39, 0.29) is 53.0 Å². The molecule has 2 unspecified atom stereocenters. The largest absolute Gasteiger partial charge is 0.352 e. The van der Waals surface area contributed by atoms with E-state index < -0.39 is 0 Å². The van der Waals surface area contributed by atoms with Crippen molar-refractivity contribution in [2.75, 3.05) is 13.1 Å². The lowest BCUT2D eigenvalue weighted by atomic mass is 9.85. The average Bonchev–Trinajstić information content (AvgIpc) is 2.94. The number of imide groups is 1. The molecule has 6 nitrogen and oxygen atoms in total. The Bertz CT molecular complexity index is 671. The zero-order chi connectivity index (χ0) is 19.1. The third-order valence-electron chi connectivity index (χ3n) is 5.50. The Balaban J connectivity index is 0.00000261. The Hall–Kier alpha value is -1.66. The van der Waals surface area contributed by atoms with Crippen LogP contribution in [-0.2, 0) is 14.4 Å². The lowest BCUT2D eigenvalue weighted by molar-refractivity contribution is -0.139. The van der Waals surface area contributed by atoms with Crippen LogP contribution >= 0.6 is 12.4 Å². The van der Waals surface area contributed by atoms with Gasteiger partial charge in [-0.2, -0.15) is 0 Å². The fourth-order valence-electron chi connectivity index (χ4n) is 4.42. The third kappa shape index (κ3) is 4.27. The van der Waals surface area contributed by atoms with E-state index in [1.165, 1.54) is 4.90 Å². The van der Waals surface area contributed by atoms with E-state index in [2.05, 4.69) is 10.6 Å². The van der Waals surface area contributed by atoms with Crippen LogP contribution in [0.4, 0.5) is 0 Å². The summed E-state index contributed by atoms with van der Waals surface area (Å²) in [5.74, 6) is -0.563. The Kier molecular flexibility index (Phi) is 6.22. The number of hydrogen-bond donors (Lipinski definition) is 2. The van der Waals surface area contributed by atoms with Gasteiger partial charge in [0.1, 0.15) is 0 Å². The molecule has 3 rings (SSSR count). The predicted octanol–water partition coefficient (Wildman–Crippen LogP) is 1.95. The molecule has 1 aliphatic carbocycles. The van der Waals surface area contributed by atoms with Crippen molar-refractivity contribution in [1.82, 2.24) is 15.5 Å². The molecule has 7 heteroatoms. The number of halogens is 1. The predicted molar refractivity (Wildman–Crippen MR) is 106 cm³/mol. The molecule has 0 aromatic carbocycles. The van der Waals surface area contributed by atoms with Gasteiger partial charge >= 0.3 is 0 Å². The van der Waals surface area contributed by atoms with Gasteiger partial charge in [-0.15, -0.1) is 12.4 Å². The van der Waals surface area contributed by atoms with Gasteiger partial charge in [0.2, 0.25) is 17.7 Å². The van der Waals surface area contributed by atoms with Crippen LogP contribution in [0.2, 0.25) is 0 Å². The highest BCUT2D eigenvalue weighted by atomic mass is 35.5. The molecule has 27 heavy (non-hydrogen) atoms. The van der Waals surface area contributed by atoms with E-state index in [1.807, 2.05) is 45.9 Å². The van der Waals surface area contributed by atoms with Gasteiger partial charge in [-0.1, -0.05) is 18.2 Å². The number of fused-ring (bicyclic) bond motifs is 1. The van der Waals surface area contributed by atoms with Crippen molar-refractivity contribution in [3.63, 3.8) is 0 Å². The summed E-state index contributed by atoms with van der Waals surface area (Å²) >= 11 is 0. The number of carbonyl (C=O) groups excluding carboxylic acids is 3. The number of carbonyl (C=O) groups is 3. The molecular weight excluding hydrogens is 366 g/mol. The van der Waals surface area contributed by atoms with Crippen LogP contribution in [0.15, 0.2) is 23.8 Å². The van der Waals surface area contributed by atoms with Crippen LogP contribution in [0.1, 0.15) is 47.0 Å². The molecule has 2 aliphatic heterocycles. The normalized spacial score (nSPS) is 27.9. The minimum absolute atomic E-state index is 0. The summed E-state index contributed by atoms with van der Waals surface area (Å²) < 4.78 is 0. The van der Waals surface area contributed by atoms with Crippen molar-refractivity contribution >= 4 is 30.1 Å². The zero-order valence-corrected chi connectivity index (χ0v) is 17.3. The van der Waals surface area contributed by atoms with E-state index in [9.17, 15) is 14.4 Å². The van der Waals surface area contributed by atoms with Crippen LogP contribution < -0.4 is 10.6 Å². The Morgan fingerprint density at radius 3 is 2.19 bits per heavy atom. The summed E-state index contributed by atoms with van der Waals surface area (Å²) in [4.78, 5) is 38.7. The highest BCUT2D eigenvalue weighted by Gasteiger charge is 2.46. The SMILES string of the molecule is CC1(C)C=C(C(=O)NCCCN2C(=O)C3CC=CCC3C2=O)C(C)(C)N1.Cl. The summed E-state index contributed by atoms with van der Waals surface area (Å²) in [5, 5.41) is 6.34. The zero-order valence-electron chi connectivity index (χ0n) is 16.5. The molecule has 1 saturated heterocycles. The van der Waals surface area contributed by atoms with E-state index in [0.29, 0.717) is 32.4 Å². The van der Waals surface area contributed by atoms with E-state index >= 15 is 0 Å². The third-order valence-corrected chi connectivity index (χ3v) is 5.50. The number of amides is 3. The van der Waals surface area contributed by atoms with Crippen molar-refractivity contribution in [3.05, 3.63) is 23.8 Å². The van der Waals surface area contributed by atoms with Crippen LogP contribution in [-0.4, -0.2) is 46.8 Å². The molecule has 150 valence electrons. The van der Waals surface area contributed by atoms with Gasteiger partial charge in [-0.25, -0.2) is 0 Å². The molecule has 2 atom stereocenters. The number of nitrogens with zero attached hydrogens (tertiary/aromatic N) is 1. The quantitative estimate of drug-likeness (QED) is 0.423. The highest BCUT2D eigenvalue weighted by molar-refractivity contribution is 6.05. The van der Waals surface area contributed by atoms with Crippen molar-refractivity contribution in [2.45, 2.75) is 58.0 Å². The summed E-state index contributed by atoms with van der Waals surface area (Å²) in [6.45, 7) is 8.87. The molecule has 0 aromatic heterocycles. The second-order valence-corrected chi connectivity index (χ2v) is 8.62. The van der Waals surface area contributed by atoms with Gasteiger partial charge in [-0.05, 0) is 47.0 Å². The van der Waals surface area contributed by atoms with Gasteiger partial charge in [0.05, 0.1) is 11.8 Å². The lowest BCUT2D eigenvalue weighted by Crippen LogP contribution is -2.47. The van der Waals surface area contributed by atoms with E-state index in [1.54, 1.807) is 0 Å². The number of likely N-dealkylation sites (tertiary alicyclic amines) is 1. The first-order valence-electron chi connectivity index (χ1n) is 9.43. The van der Waals surface area contributed by atoms with Crippen LogP contribution in [0.3, 0.4) is 0 Å². The monoisotopic (exact) mass is 395 g/mol. The van der Waals surface area contributed by atoms with Crippen molar-refractivity contribution in [1.29, 1.82) is 0 Å². The maximum absolute atomic E-state index is 12.5. The Morgan fingerprint density at radius 1 is 1.15 bits per heavy atom. The summed E-state index contributed by atoms with van der Waals surface area (Å²) in [6, 6.07) is 0. The number of hydrogen-bond acceptors (Lipinski definition) is 4. The molecule has 1 fully saturated rings. The molecule has 2 heterocycles. The lowest BCUT2D eigenvalue weighted by Gasteiger charge is -2.27. The van der Waals surface area contributed by atoms with Crippen LogP contribution in [0.25, 0.3) is 0 Å². The molecule has 0 saturated carbocycles. The second-order valence-electron chi connectivity index (χ2n) is 8.62. The summed E-state index contributed by atoms with van der Waals surface area (Å²) in [5.41, 5.74) is 0.138. The first kappa shape index (κ1) is 21.6. The average molecular weight is 396 g/mol. The molecular formula is C20H30ClN3O3. The molecule has 3 aliphatic rings. The van der Waals surface area contributed by atoms with Gasteiger partial charge in [0.15, 0.2) is 0 Å². The number of rotatable bonds is 5. The Morgan fingerprint density at radius 2 is 1.70 bits per heavy atom. The first-order chi connectivity index (χ1) is 12.1. The van der Waals surface area contributed by atoms with Crippen LogP contribution in [0.5, 0.6) is 0 Å². The summed E-state index contributed by atoms with van der Waals surface area (Å²) in [7, 11) is 0. The maximum atomic E-state index is 12.5. The molecule has 2 N–H and O–H groups in total. The second kappa shape index (κ2) is 7.76. The van der Waals surface area contributed by atoms with Gasteiger partial charge in [0.25, 0.3) is 0 Å². The summed E-state index contributed by atoms with van der Waals surface area (Å²) in [6.07, 6.45) is 7.84. The van der Waals surface area contributed by atoms with Gasteiger partial charge in [-0.3, -0.25) is 24.6 Å². The minimum atomic E-state index is -0.378. The van der Waals surface area contributed by atoms with Crippen LogP contribution in [0, 0.1) is 11.8 Å². The standard InChI is InChI=1S/C20H29N3O3.ClH/c1-19(2)12-15(20(3,4)22-19)16(24)21-10-7-11-23-17(25)13-8-5-6-9-14(13)18(23)26;/h5-6,12-14,22H,7-11H2,1-4H3,(H,21,24);1H. The molecule has 0 radical (unpaired) electrons. The van der Waals surface area contributed by atoms with Gasteiger partial charge < -0.3 is 5.32 Å². The van der Waals surface area contributed by atoms with Gasteiger partial charge in [0, 0.05) is 29.7 Å². The van der Waals surface area contributed by atoms with E-state index in [0.717, 1.165) is 5.57 Å². The molecule has 3 amide bonds. The van der Waals surface area contributed by atoms with Crippen molar-refractivity contribution in [3.8, 4) is 0 Å². The van der Waals surface area contributed by atoms with E-state index in [4.69, 9.17) is 0 Å². The van der Waals surface area contributed by atoms with Crippen molar-refractivity contribution < 1.29 is 14.4 Å². The first-order valence-corrected chi connectivity index (χ1v) is 9.43. The highest BCUT2D eigenvalue weighted by Crippen LogP contribution is 2.35. The fourth-order valence-corrected chi connectivity index (χ4v) is 4.42. The number of nitrogens with one attached hydrogen (secondary N) is 2. The molecule has 0 spiro atoms. The van der Waals surface area contributed by atoms with Crippen molar-refractivity contribution in [2.24, 2.45) is 11.8 Å². The fraction of sp³-hybridized carbons (Fsp3) is 0.650. The maximum Gasteiger partial charge on any atom is 0.248 e. The minimum Gasteiger partial charge on any atom is -0.352 e. The molecule has 0 bridgehead atoms. The number of allylic oxidation sites excluding steroid dienone is 2. The molecule has 0 aromatic rings.